The normalized spacial score (nSPS) is 29.7. The van der Waals surface area contributed by atoms with E-state index in [4.69, 9.17) is 28.2 Å². The molecule has 1 aliphatic carbocycles. The summed E-state index contributed by atoms with van der Waals surface area (Å²) in [5, 5.41) is 2.30. The highest BCUT2D eigenvalue weighted by molar-refractivity contribution is 8.15. The molecule has 20 heavy (non-hydrogen) atoms. The monoisotopic (exact) mass is 323 g/mol. The van der Waals surface area contributed by atoms with Gasteiger partial charge in [0.15, 0.2) is 0 Å². The van der Waals surface area contributed by atoms with Crippen molar-refractivity contribution in [2.24, 2.45) is 10.9 Å². The Morgan fingerprint density at radius 3 is 2.80 bits per heavy atom. The van der Waals surface area contributed by atoms with Crippen molar-refractivity contribution in [1.29, 1.82) is 0 Å². The second-order valence-electron chi connectivity index (χ2n) is 5.08. The average Bonchev–Trinajstić information content (AvgIpc) is 2.49. The maximum Gasteiger partial charge on any atom is 0.101 e. The molecule has 2 unspecified atom stereocenters. The van der Waals surface area contributed by atoms with Gasteiger partial charge in [0.05, 0.1) is 5.69 Å². The van der Waals surface area contributed by atoms with Gasteiger partial charge < -0.3 is 0 Å². The smallest absolute Gasteiger partial charge is 0.101 e. The van der Waals surface area contributed by atoms with Gasteiger partial charge in [-0.1, -0.05) is 47.1 Å². The lowest BCUT2D eigenvalue weighted by molar-refractivity contribution is 0.489. The van der Waals surface area contributed by atoms with Crippen LogP contribution in [0.15, 0.2) is 52.5 Å². The molecule has 1 aliphatic heterocycles. The molecule has 2 atom stereocenters. The van der Waals surface area contributed by atoms with Crippen LogP contribution in [-0.2, 0) is 0 Å². The van der Waals surface area contributed by atoms with Gasteiger partial charge in [0.25, 0.3) is 0 Å². The summed E-state index contributed by atoms with van der Waals surface area (Å²) in [6.45, 7) is 0. The number of nitrogens with zero attached hydrogens (tertiary/aromatic N) is 1. The quantitative estimate of drug-likeness (QED) is 0.580. The molecule has 0 N–H and O–H groups in total. The van der Waals surface area contributed by atoms with Gasteiger partial charge in [-0.25, -0.2) is 4.99 Å². The fourth-order valence-electron chi connectivity index (χ4n) is 2.61. The predicted molar refractivity (Wildman–Crippen MR) is 90.3 cm³/mol. The number of halogens is 2. The first-order valence-corrected chi connectivity index (χ1v) is 8.43. The van der Waals surface area contributed by atoms with Crippen LogP contribution >= 0.6 is 35.0 Å². The minimum Gasteiger partial charge on any atom is -0.242 e. The molecule has 0 spiro atoms. The minimum atomic E-state index is 0.537. The van der Waals surface area contributed by atoms with Crippen molar-refractivity contribution in [1.82, 2.24) is 0 Å². The second kappa shape index (κ2) is 6.38. The molecule has 0 bridgehead atoms. The third kappa shape index (κ3) is 3.13. The van der Waals surface area contributed by atoms with E-state index in [1.807, 2.05) is 36.0 Å². The van der Waals surface area contributed by atoms with Crippen molar-refractivity contribution in [2.75, 3.05) is 0 Å². The van der Waals surface area contributed by atoms with Gasteiger partial charge in [0, 0.05) is 15.8 Å². The number of hydrogen-bond donors (Lipinski definition) is 0. The van der Waals surface area contributed by atoms with E-state index in [1.165, 1.54) is 12.8 Å². The number of aliphatic imine (C=N–C) groups is 1. The Hall–Kier alpha value is -0.700. The Labute approximate surface area is 133 Å². The number of thioether (sulfide) groups is 1. The Bertz CT molecular complexity index is 575. The first kappa shape index (κ1) is 14.2. The fourth-order valence-corrected chi connectivity index (χ4v) is 4.32. The summed E-state index contributed by atoms with van der Waals surface area (Å²) in [6.07, 6.45) is 8.06. The Balaban J connectivity index is 1.88. The molecule has 4 heteroatoms. The zero-order chi connectivity index (χ0) is 13.9. The zero-order valence-corrected chi connectivity index (χ0v) is 13.3. The fraction of sp³-hybridized carbons (Fsp3) is 0.312. The van der Waals surface area contributed by atoms with E-state index in [2.05, 4.69) is 12.2 Å². The van der Waals surface area contributed by atoms with Crippen LogP contribution in [0.4, 0.5) is 5.69 Å². The maximum atomic E-state index is 6.00. The number of benzene rings is 1. The summed E-state index contributed by atoms with van der Waals surface area (Å²) in [4.78, 5) is 4.74. The summed E-state index contributed by atoms with van der Waals surface area (Å²) in [7, 11) is 0. The average molecular weight is 324 g/mol. The van der Waals surface area contributed by atoms with Gasteiger partial charge in [0.1, 0.15) is 5.04 Å². The van der Waals surface area contributed by atoms with E-state index < -0.39 is 0 Å². The van der Waals surface area contributed by atoms with Crippen molar-refractivity contribution >= 4 is 45.7 Å². The summed E-state index contributed by atoms with van der Waals surface area (Å²) in [6, 6.07) is 7.60. The molecule has 0 radical (unpaired) electrons. The number of fused-ring (bicyclic) bond motifs is 1. The van der Waals surface area contributed by atoms with Crippen molar-refractivity contribution in [3.63, 3.8) is 0 Å². The lowest BCUT2D eigenvalue weighted by Crippen LogP contribution is -2.26. The highest BCUT2D eigenvalue weighted by Crippen LogP contribution is 2.42. The molecule has 1 saturated heterocycles. The summed E-state index contributed by atoms with van der Waals surface area (Å²) in [5.41, 5.74) is 3.77. The molecule has 0 saturated carbocycles. The largest absolute Gasteiger partial charge is 0.242 e. The molecule has 3 rings (SSSR count). The molecular weight excluding hydrogens is 309 g/mol. The number of rotatable bonds is 1. The molecule has 2 aliphatic rings. The highest BCUT2D eigenvalue weighted by atomic mass is 35.5. The summed E-state index contributed by atoms with van der Waals surface area (Å²) >= 11 is 13.7. The molecular formula is C16H15Cl2NS. The molecule has 104 valence electrons. The Kier molecular flexibility index (Phi) is 4.54. The van der Waals surface area contributed by atoms with Gasteiger partial charge in [0.2, 0.25) is 0 Å². The molecule has 1 aromatic carbocycles. The van der Waals surface area contributed by atoms with Crippen LogP contribution in [0.1, 0.15) is 19.3 Å². The van der Waals surface area contributed by atoms with Crippen LogP contribution in [0, 0.1) is 5.92 Å². The second-order valence-corrected chi connectivity index (χ2v) is 6.90. The lowest BCUT2D eigenvalue weighted by atomic mass is 9.88. The molecule has 0 aromatic heterocycles. The van der Waals surface area contributed by atoms with Crippen LogP contribution < -0.4 is 0 Å². The van der Waals surface area contributed by atoms with Crippen LogP contribution in [0.25, 0.3) is 0 Å². The predicted octanol–water partition coefficient (Wildman–Crippen LogP) is 5.96. The van der Waals surface area contributed by atoms with Crippen molar-refractivity contribution in [3.05, 3.63) is 52.5 Å². The van der Waals surface area contributed by atoms with E-state index in [0.29, 0.717) is 11.2 Å². The molecule has 1 heterocycles. The van der Waals surface area contributed by atoms with Crippen molar-refractivity contribution in [2.45, 2.75) is 24.5 Å². The van der Waals surface area contributed by atoms with E-state index in [0.717, 1.165) is 27.7 Å². The SMILES string of the molecule is Cl/C=C1\CC2CCC=CC2SC1=Nc1ccc(Cl)cc1. The molecule has 0 amide bonds. The van der Waals surface area contributed by atoms with Gasteiger partial charge >= 0.3 is 0 Å². The van der Waals surface area contributed by atoms with Gasteiger partial charge in [-0.2, -0.15) is 0 Å². The Morgan fingerprint density at radius 1 is 1.25 bits per heavy atom. The first-order chi connectivity index (χ1) is 9.76. The van der Waals surface area contributed by atoms with Crippen molar-refractivity contribution in [3.8, 4) is 0 Å². The molecule has 1 nitrogen and oxygen atoms in total. The van der Waals surface area contributed by atoms with Crippen LogP contribution in [0.5, 0.6) is 0 Å². The molecule has 1 aromatic rings. The lowest BCUT2D eigenvalue weighted by Gasteiger charge is -2.33. The zero-order valence-electron chi connectivity index (χ0n) is 10.9. The third-order valence-corrected chi connectivity index (χ3v) is 5.59. The third-order valence-electron chi connectivity index (χ3n) is 3.69. The highest BCUT2D eigenvalue weighted by Gasteiger charge is 2.31. The maximum absolute atomic E-state index is 6.00. The Morgan fingerprint density at radius 2 is 2.05 bits per heavy atom. The van der Waals surface area contributed by atoms with E-state index in [9.17, 15) is 0 Å². The molecule has 1 fully saturated rings. The summed E-state index contributed by atoms with van der Waals surface area (Å²) in [5.74, 6) is 0.694. The van der Waals surface area contributed by atoms with Crippen LogP contribution in [0.2, 0.25) is 5.02 Å². The summed E-state index contributed by atoms with van der Waals surface area (Å²) < 4.78 is 0. The first-order valence-electron chi connectivity index (χ1n) is 6.73. The standard InChI is InChI=1S/C16H15Cl2NS/c17-10-12-9-11-3-1-2-4-15(11)20-16(12)19-14-7-5-13(18)6-8-14/h2,4-8,10-11,15H,1,3,9H2/b12-10+,19-16?. The van der Waals surface area contributed by atoms with Crippen molar-refractivity contribution < 1.29 is 0 Å². The van der Waals surface area contributed by atoms with Gasteiger partial charge in [-0.15, -0.1) is 0 Å². The van der Waals surface area contributed by atoms with E-state index >= 15 is 0 Å². The van der Waals surface area contributed by atoms with Gasteiger partial charge in [-0.3, -0.25) is 0 Å². The number of hydrogen-bond acceptors (Lipinski definition) is 2. The minimum absolute atomic E-state index is 0.537. The van der Waals surface area contributed by atoms with Gasteiger partial charge in [-0.05, 0) is 55.0 Å². The number of allylic oxidation sites excluding steroid dienone is 1. The van der Waals surface area contributed by atoms with E-state index in [1.54, 1.807) is 5.54 Å². The topological polar surface area (TPSA) is 12.4 Å². The van der Waals surface area contributed by atoms with Crippen LogP contribution in [0.3, 0.4) is 0 Å². The van der Waals surface area contributed by atoms with Crippen LogP contribution in [-0.4, -0.2) is 10.3 Å². The van der Waals surface area contributed by atoms with E-state index in [-0.39, 0.29) is 0 Å².